The number of rotatable bonds is 17. The Morgan fingerprint density at radius 2 is 1.17 bits per heavy atom. The van der Waals surface area contributed by atoms with Gasteiger partial charge in [-0.25, -0.2) is 9.59 Å². The number of Topliss-reactive ketones (excluding diaryl/α,β-unsaturated/α-hetero) is 1. The lowest BCUT2D eigenvalue weighted by molar-refractivity contribution is -0.151. The van der Waals surface area contributed by atoms with Crippen LogP contribution in [0.4, 0.5) is 0 Å². The molecule has 0 amide bonds. The van der Waals surface area contributed by atoms with E-state index >= 15 is 0 Å². The summed E-state index contributed by atoms with van der Waals surface area (Å²) in [6.07, 6.45) is -0.667. The van der Waals surface area contributed by atoms with Gasteiger partial charge in [-0.1, -0.05) is 18.2 Å². The number of carboxylic acid groups (broad SMARTS) is 1. The lowest BCUT2D eigenvalue weighted by Crippen LogP contribution is -2.17. The third kappa shape index (κ3) is 12.6. The van der Waals surface area contributed by atoms with Crippen LogP contribution < -0.4 is 0 Å². The molecular formula is C20H26O10. The summed E-state index contributed by atoms with van der Waals surface area (Å²) in [5, 5.41) is 8.38. The van der Waals surface area contributed by atoms with Crippen molar-refractivity contribution in [3.05, 3.63) is 35.9 Å². The van der Waals surface area contributed by atoms with Gasteiger partial charge >= 0.3 is 17.9 Å². The Labute approximate surface area is 174 Å². The van der Waals surface area contributed by atoms with Gasteiger partial charge in [-0.15, -0.1) is 0 Å². The fourth-order valence-corrected chi connectivity index (χ4v) is 2.00. The van der Waals surface area contributed by atoms with Gasteiger partial charge in [0, 0.05) is 6.42 Å². The van der Waals surface area contributed by atoms with Crippen molar-refractivity contribution in [2.45, 2.75) is 12.8 Å². The molecule has 0 fully saturated rings. The maximum absolute atomic E-state index is 11.7. The van der Waals surface area contributed by atoms with Crippen LogP contribution in [0.1, 0.15) is 23.2 Å². The molecule has 0 aromatic heterocycles. The smallest absolute Gasteiger partial charge is 0.372 e. The van der Waals surface area contributed by atoms with Crippen LogP contribution in [-0.2, 0) is 38.1 Å². The number of ketones is 1. The van der Waals surface area contributed by atoms with Gasteiger partial charge in [-0.2, -0.15) is 0 Å². The number of esters is 2. The van der Waals surface area contributed by atoms with Gasteiger partial charge < -0.3 is 28.8 Å². The molecule has 1 aromatic carbocycles. The van der Waals surface area contributed by atoms with Crippen molar-refractivity contribution in [2.75, 3.05) is 52.9 Å². The van der Waals surface area contributed by atoms with Gasteiger partial charge in [0.1, 0.15) is 13.2 Å². The van der Waals surface area contributed by atoms with Crippen LogP contribution in [0.5, 0.6) is 0 Å². The monoisotopic (exact) mass is 426 g/mol. The first-order valence-corrected chi connectivity index (χ1v) is 9.38. The number of carbonyl (C=O) groups is 4. The van der Waals surface area contributed by atoms with Crippen LogP contribution in [0.25, 0.3) is 0 Å². The molecule has 10 nitrogen and oxygen atoms in total. The highest BCUT2D eigenvalue weighted by Gasteiger charge is 2.14. The Hall–Kier alpha value is -2.82. The number of carbonyl (C=O) groups excluding carboxylic acids is 3. The summed E-state index contributed by atoms with van der Waals surface area (Å²) in [6, 6.07) is 8.68. The summed E-state index contributed by atoms with van der Waals surface area (Å²) in [5.41, 5.74) is 0.490. The normalized spacial score (nSPS) is 10.4. The summed E-state index contributed by atoms with van der Waals surface area (Å²) < 4.78 is 25.6. The summed E-state index contributed by atoms with van der Waals surface area (Å²) in [7, 11) is 0. The van der Waals surface area contributed by atoms with E-state index in [9.17, 15) is 19.2 Å². The topological polar surface area (TPSA) is 135 Å². The molecule has 0 heterocycles. The summed E-state index contributed by atoms with van der Waals surface area (Å²) in [6.45, 7) is 1.90. The molecule has 0 unspecified atom stereocenters. The Morgan fingerprint density at radius 1 is 0.667 bits per heavy atom. The molecule has 0 spiro atoms. The van der Waals surface area contributed by atoms with E-state index in [1.165, 1.54) is 0 Å². The Morgan fingerprint density at radius 3 is 1.70 bits per heavy atom. The van der Waals surface area contributed by atoms with E-state index in [2.05, 4.69) is 0 Å². The molecule has 0 radical (unpaired) electrons. The molecule has 166 valence electrons. The van der Waals surface area contributed by atoms with Gasteiger partial charge in [0.05, 0.1) is 51.6 Å². The van der Waals surface area contributed by atoms with Crippen molar-refractivity contribution in [1.82, 2.24) is 0 Å². The maximum atomic E-state index is 11.7. The van der Waals surface area contributed by atoms with Crippen LogP contribution in [0, 0.1) is 0 Å². The molecule has 0 aliphatic heterocycles. The zero-order valence-corrected chi connectivity index (χ0v) is 16.6. The van der Waals surface area contributed by atoms with Gasteiger partial charge in [0.2, 0.25) is 5.78 Å². The first-order chi connectivity index (χ1) is 14.5. The van der Waals surface area contributed by atoms with Crippen molar-refractivity contribution < 1.29 is 48.0 Å². The fraction of sp³-hybridized carbons (Fsp3) is 0.500. The van der Waals surface area contributed by atoms with Crippen molar-refractivity contribution in [3.63, 3.8) is 0 Å². The second-order valence-corrected chi connectivity index (χ2v) is 5.79. The first-order valence-electron chi connectivity index (χ1n) is 9.38. The predicted octanol–water partition coefficient (Wildman–Crippen LogP) is 0.870. The molecule has 0 bridgehead atoms. The Kier molecular flexibility index (Phi) is 13.5. The van der Waals surface area contributed by atoms with Crippen molar-refractivity contribution in [2.24, 2.45) is 0 Å². The third-order valence-electron chi connectivity index (χ3n) is 3.50. The van der Waals surface area contributed by atoms with Crippen molar-refractivity contribution >= 4 is 23.7 Å². The van der Waals surface area contributed by atoms with Gasteiger partial charge in [0.15, 0.2) is 0 Å². The summed E-state index contributed by atoms with van der Waals surface area (Å²) in [5.74, 6) is -3.65. The van der Waals surface area contributed by atoms with E-state index in [0.29, 0.717) is 32.0 Å². The minimum Gasteiger partial charge on any atom is -0.476 e. The van der Waals surface area contributed by atoms with Crippen molar-refractivity contribution in [1.29, 1.82) is 0 Å². The second-order valence-electron chi connectivity index (χ2n) is 5.79. The molecular weight excluding hydrogens is 400 g/mol. The molecule has 1 aromatic rings. The number of hydrogen-bond acceptors (Lipinski definition) is 9. The zero-order chi connectivity index (χ0) is 22.0. The van der Waals surface area contributed by atoms with E-state index in [1.54, 1.807) is 24.3 Å². The molecule has 30 heavy (non-hydrogen) atoms. The number of benzene rings is 1. The average Bonchev–Trinajstić information content (AvgIpc) is 2.75. The highest BCUT2D eigenvalue weighted by molar-refractivity contribution is 6.32. The van der Waals surface area contributed by atoms with Crippen LogP contribution >= 0.6 is 0 Å². The fourth-order valence-electron chi connectivity index (χ4n) is 2.00. The van der Waals surface area contributed by atoms with Crippen LogP contribution in [0.2, 0.25) is 0 Å². The largest absolute Gasteiger partial charge is 0.476 e. The predicted molar refractivity (Wildman–Crippen MR) is 102 cm³/mol. The van der Waals surface area contributed by atoms with Gasteiger partial charge in [0.25, 0.3) is 0 Å². The Balaban J connectivity index is 1.83. The molecule has 0 aliphatic rings. The third-order valence-corrected chi connectivity index (χ3v) is 3.50. The number of hydrogen-bond donors (Lipinski definition) is 1. The maximum Gasteiger partial charge on any atom is 0.372 e. The van der Waals surface area contributed by atoms with Crippen LogP contribution in [0.3, 0.4) is 0 Å². The van der Waals surface area contributed by atoms with Crippen molar-refractivity contribution in [3.8, 4) is 0 Å². The molecule has 0 saturated carbocycles. The van der Waals surface area contributed by atoms with Gasteiger partial charge in [-0.05, 0) is 12.1 Å². The number of aliphatic carboxylic acids is 1. The SMILES string of the molecule is O=C(CCC(=O)C(=O)O)OCCOCCOCCOCCOC(=O)c1ccccc1. The standard InChI is InChI=1S/C20H26O10/c21-17(19(23)24)6-7-18(22)29-14-12-27-10-8-26-9-11-28-13-15-30-20(25)16-4-2-1-3-5-16/h1-5H,6-15H2,(H,23,24). The minimum atomic E-state index is -1.57. The molecule has 0 atom stereocenters. The van der Waals surface area contributed by atoms with Crippen LogP contribution in [-0.4, -0.2) is 81.7 Å². The highest BCUT2D eigenvalue weighted by atomic mass is 16.6. The first kappa shape index (κ1) is 25.2. The molecule has 0 saturated heterocycles. The van der Waals surface area contributed by atoms with E-state index < -0.39 is 23.7 Å². The molecule has 1 N–H and O–H groups in total. The highest BCUT2D eigenvalue weighted by Crippen LogP contribution is 2.00. The van der Waals surface area contributed by atoms with E-state index in [0.717, 1.165) is 0 Å². The van der Waals surface area contributed by atoms with Crippen LogP contribution in [0.15, 0.2) is 30.3 Å². The zero-order valence-electron chi connectivity index (χ0n) is 16.6. The summed E-state index contributed by atoms with van der Waals surface area (Å²) >= 11 is 0. The van der Waals surface area contributed by atoms with E-state index in [1.807, 2.05) is 6.07 Å². The molecule has 10 heteroatoms. The van der Waals surface area contributed by atoms with E-state index in [-0.39, 0.29) is 39.3 Å². The van der Waals surface area contributed by atoms with Gasteiger partial charge in [-0.3, -0.25) is 9.59 Å². The number of ether oxygens (including phenoxy) is 5. The average molecular weight is 426 g/mol. The minimum absolute atomic E-state index is 0.00487. The van der Waals surface area contributed by atoms with E-state index in [4.69, 9.17) is 28.8 Å². The Bertz CT molecular complexity index is 659. The molecule has 1 rings (SSSR count). The lowest BCUT2D eigenvalue weighted by atomic mass is 10.2. The quantitative estimate of drug-likeness (QED) is 0.217. The number of carboxylic acids is 1. The molecule has 0 aliphatic carbocycles. The lowest BCUT2D eigenvalue weighted by Gasteiger charge is -2.08. The second kappa shape index (κ2) is 16.0. The summed E-state index contributed by atoms with van der Waals surface area (Å²) in [4.78, 5) is 44.1.